The van der Waals surface area contributed by atoms with Gasteiger partial charge >= 0.3 is 0 Å². The van der Waals surface area contributed by atoms with Gasteiger partial charge in [0.1, 0.15) is 0 Å². The molecule has 3 nitrogen and oxygen atoms in total. The van der Waals surface area contributed by atoms with Gasteiger partial charge in [0.25, 0.3) is 0 Å². The molecule has 0 aliphatic rings. The smallest absolute Gasteiger partial charge is 0.0928 e. The van der Waals surface area contributed by atoms with Crippen LogP contribution in [0.1, 0.15) is 22.8 Å². The van der Waals surface area contributed by atoms with Crippen LogP contribution in [0, 0.1) is 6.92 Å². The van der Waals surface area contributed by atoms with Gasteiger partial charge in [0, 0.05) is 36.1 Å². The average molecular weight is 277 g/mol. The number of aliphatic hydroxyl groups is 1. The second-order valence-corrected chi connectivity index (χ2v) is 4.88. The molecule has 2 N–H and O–H groups in total. The van der Waals surface area contributed by atoms with Crippen molar-refractivity contribution in [1.82, 2.24) is 10.3 Å². The quantitative estimate of drug-likeness (QED) is 0.883. The summed E-state index contributed by atoms with van der Waals surface area (Å²) < 4.78 is 0. The number of rotatable bonds is 5. The minimum atomic E-state index is -0.606. The number of aromatic nitrogens is 1. The second-order valence-electron chi connectivity index (χ2n) is 4.47. The Morgan fingerprint density at radius 3 is 2.84 bits per heavy atom. The van der Waals surface area contributed by atoms with Gasteiger partial charge in [-0.15, -0.1) is 0 Å². The summed E-state index contributed by atoms with van der Waals surface area (Å²) in [5.74, 6) is 0. The van der Waals surface area contributed by atoms with Crippen molar-refractivity contribution in [2.75, 3.05) is 6.54 Å². The lowest BCUT2D eigenvalue weighted by Crippen LogP contribution is -2.21. The Hall–Kier alpha value is -1.42. The molecule has 0 fully saturated rings. The molecule has 19 heavy (non-hydrogen) atoms. The first kappa shape index (κ1) is 14.0. The Morgan fingerprint density at radius 1 is 1.32 bits per heavy atom. The van der Waals surface area contributed by atoms with Crippen LogP contribution in [-0.4, -0.2) is 16.6 Å². The van der Waals surface area contributed by atoms with Crippen LogP contribution in [0.25, 0.3) is 0 Å². The van der Waals surface area contributed by atoms with Gasteiger partial charge in [-0.1, -0.05) is 29.8 Å². The van der Waals surface area contributed by atoms with E-state index in [9.17, 15) is 5.11 Å². The van der Waals surface area contributed by atoms with E-state index in [1.807, 2.05) is 37.4 Å². The molecular weight excluding hydrogens is 260 g/mol. The minimum absolute atomic E-state index is 0.456. The minimum Gasteiger partial charge on any atom is -0.387 e. The number of nitrogens with zero attached hydrogens (tertiary/aromatic N) is 1. The van der Waals surface area contributed by atoms with E-state index < -0.39 is 6.10 Å². The van der Waals surface area contributed by atoms with Gasteiger partial charge in [-0.2, -0.15) is 0 Å². The van der Waals surface area contributed by atoms with Crippen molar-refractivity contribution < 1.29 is 5.11 Å². The molecule has 0 amide bonds. The van der Waals surface area contributed by atoms with Gasteiger partial charge in [-0.3, -0.25) is 4.98 Å². The number of aliphatic hydroxyl groups excluding tert-OH is 1. The molecule has 0 bridgehead atoms. The summed E-state index contributed by atoms with van der Waals surface area (Å²) in [7, 11) is 0. The first-order chi connectivity index (χ1) is 9.18. The maximum absolute atomic E-state index is 10.1. The summed E-state index contributed by atoms with van der Waals surface area (Å²) in [6.45, 7) is 3.18. The number of hydrogen-bond acceptors (Lipinski definition) is 3. The molecule has 1 aromatic heterocycles. The fourth-order valence-electron chi connectivity index (χ4n) is 1.88. The third-order valence-corrected chi connectivity index (χ3v) is 3.41. The first-order valence-corrected chi connectivity index (χ1v) is 6.59. The van der Waals surface area contributed by atoms with E-state index in [1.54, 1.807) is 12.3 Å². The summed E-state index contributed by atoms with van der Waals surface area (Å²) in [5.41, 5.74) is 3.07. The second kappa shape index (κ2) is 6.66. The molecule has 0 saturated heterocycles. The molecule has 0 radical (unpaired) electrons. The zero-order valence-corrected chi connectivity index (χ0v) is 11.6. The van der Waals surface area contributed by atoms with E-state index in [-0.39, 0.29) is 0 Å². The normalized spacial score (nSPS) is 12.4. The number of nitrogens with one attached hydrogen (secondary N) is 1. The van der Waals surface area contributed by atoms with E-state index in [4.69, 9.17) is 11.6 Å². The highest BCUT2D eigenvalue weighted by Crippen LogP contribution is 2.21. The van der Waals surface area contributed by atoms with Crippen LogP contribution in [0.2, 0.25) is 5.02 Å². The lowest BCUT2D eigenvalue weighted by Gasteiger charge is -2.14. The van der Waals surface area contributed by atoms with Crippen LogP contribution < -0.4 is 5.32 Å². The molecule has 0 saturated carbocycles. The Balaban J connectivity index is 1.90. The highest BCUT2D eigenvalue weighted by atomic mass is 35.5. The monoisotopic (exact) mass is 276 g/mol. The summed E-state index contributed by atoms with van der Waals surface area (Å²) in [4.78, 5) is 4.09. The molecule has 100 valence electrons. The van der Waals surface area contributed by atoms with Gasteiger partial charge in [-0.05, 0) is 30.2 Å². The number of halogens is 1. The van der Waals surface area contributed by atoms with Gasteiger partial charge < -0.3 is 10.4 Å². The number of benzene rings is 1. The SMILES string of the molecule is Cc1ccncc1CNCC(O)c1ccccc1Cl. The summed E-state index contributed by atoms with van der Waals surface area (Å²) in [5, 5.41) is 13.9. The van der Waals surface area contributed by atoms with E-state index in [0.29, 0.717) is 18.1 Å². The molecule has 0 spiro atoms. The predicted octanol–water partition coefficient (Wildman–Crippen LogP) is 2.87. The molecule has 0 aliphatic heterocycles. The van der Waals surface area contributed by atoms with Crippen LogP contribution in [-0.2, 0) is 6.54 Å². The van der Waals surface area contributed by atoms with Gasteiger partial charge in [0.15, 0.2) is 0 Å². The average Bonchev–Trinajstić information content (AvgIpc) is 2.41. The predicted molar refractivity (Wildman–Crippen MR) is 77.1 cm³/mol. The summed E-state index contributed by atoms with van der Waals surface area (Å²) >= 11 is 6.04. The summed E-state index contributed by atoms with van der Waals surface area (Å²) in [6.07, 6.45) is 3.01. The number of hydrogen-bond donors (Lipinski definition) is 2. The third kappa shape index (κ3) is 3.77. The lowest BCUT2D eigenvalue weighted by atomic mass is 10.1. The van der Waals surface area contributed by atoms with E-state index in [0.717, 1.165) is 11.1 Å². The van der Waals surface area contributed by atoms with Crippen LogP contribution in [0.15, 0.2) is 42.7 Å². The largest absolute Gasteiger partial charge is 0.387 e. The van der Waals surface area contributed by atoms with Crippen LogP contribution in [0.5, 0.6) is 0 Å². The summed E-state index contributed by atoms with van der Waals surface area (Å²) in [6, 6.07) is 9.32. The number of aryl methyl sites for hydroxylation is 1. The molecule has 0 aliphatic carbocycles. The maximum Gasteiger partial charge on any atom is 0.0928 e. The molecule has 1 aromatic carbocycles. The van der Waals surface area contributed by atoms with Gasteiger partial charge in [-0.25, -0.2) is 0 Å². The van der Waals surface area contributed by atoms with E-state index >= 15 is 0 Å². The molecular formula is C15H17ClN2O. The fourth-order valence-corrected chi connectivity index (χ4v) is 2.14. The van der Waals surface area contributed by atoms with Crippen LogP contribution >= 0.6 is 11.6 Å². The zero-order chi connectivity index (χ0) is 13.7. The highest BCUT2D eigenvalue weighted by molar-refractivity contribution is 6.31. The molecule has 1 heterocycles. The fraction of sp³-hybridized carbons (Fsp3) is 0.267. The van der Waals surface area contributed by atoms with Crippen molar-refractivity contribution in [1.29, 1.82) is 0 Å². The first-order valence-electron chi connectivity index (χ1n) is 6.21. The molecule has 4 heteroatoms. The maximum atomic E-state index is 10.1. The Morgan fingerprint density at radius 2 is 2.11 bits per heavy atom. The Labute approximate surface area is 118 Å². The molecule has 2 aromatic rings. The van der Waals surface area contributed by atoms with Crippen LogP contribution in [0.3, 0.4) is 0 Å². The topological polar surface area (TPSA) is 45.2 Å². The molecule has 2 rings (SSSR count). The van der Waals surface area contributed by atoms with Crippen molar-refractivity contribution in [3.8, 4) is 0 Å². The number of pyridine rings is 1. The van der Waals surface area contributed by atoms with Crippen LogP contribution in [0.4, 0.5) is 0 Å². The third-order valence-electron chi connectivity index (χ3n) is 3.06. The van der Waals surface area contributed by atoms with Crippen molar-refractivity contribution in [3.63, 3.8) is 0 Å². The van der Waals surface area contributed by atoms with Crippen molar-refractivity contribution in [3.05, 3.63) is 64.4 Å². The van der Waals surface area contributed by atoms with Crippen molar-refractivity contribution >= 4 is 11.6 Å². The van der Waals surface area contributed by atoms with Gasteiger partial charge in [0.2, 0.25) is 0 Å². The highest BCUT2D eigenvalue weighted by Gasteiger charge is 2.10. The molecule has 1 atom stereocenters. The van der Waals surface area contributed by atoms with Gasteiger partial charge in [0.05, 0.1) is 6.10 Å². The van der Waals surface area contributed by atoms with E-state index in [2.05, 4.69) is 10.3 Å². The Kier molecular flexibility index (Phi) is 4.91. The standard InChI is InChI=1S/C15H17ClN2O/c1-11-6-7-17-8-12(11)9-18-10-15(19)13-4-2-3-5-14(13)16/h2-8,15,18-19H,9-10H2,1H3. The van der Waals surface area contributed by atoms with Crippen molar-refractivity contribution in [2.24, 2.45) is 0 Å². The molecule has 1 unspecified atom stereocenters. The van der Waals surface area contributed by atoms with Crippen molar-refractivity contribution in [2.45, 2.75) is 19.6 Å². The Bertz CT molecular complexity index is 545. The lowest BCUT2D eigenvalue weighted by molar-refractivity contribution is 0.174. The van der Waals surface area contributed by atoms with E-state index in [1.165, 1.54) is 5.56 Å². The zero-order valence-electron chi connectivity index (χ0n) is 10.8.